The van der Waals surface area contributed by atoms with Crippen LogP contribution in [0.5, 0.6) is 0 Å². The van der Waals surface area contributed by atoms with E-state index in [9.17, 15) is 14.4 Å². The molecule has 10 heteroatoms. The number of halogens is 1. The van der Waals surface area contributed by atoms with Crippen LogP contribution in [0.2, 0.25) is 5.02 Å². The van der Waals surface area contributed by atoms with Crippen molar-refractivity contribution in [1.82, 2.24) is 14.6 Å². The zero-order valence-corrected chi connectivity index (χ0v) is 21.0. The van der Waals surface area contributed by atoms with Gasteiger partial charge in [0.1, 0.15) is 11.1 Å². The summed E-state index contributed by atoms with van der Waals surface area (Å²) in [4.78, 5) is 46.0. The highest BCUT2D eigenvalue weighted by atomic mass is 35.5. The molecule has 1 aliphatic heterocycles. The van der Waals surface area contributed by atoms with E-state index in [2.05, 4.69) is 15.4 Å². The number of aryl methyl sites for hydroxylation is 1. The summed E-state index contributed by atoms with van der Waals surface area (Å²) in [6, 6.07) is 21.5. The Bertz CT molecular complexity index is 1810. The lowest BCUT2D eigenvalue weighted by atomic mass is 10.1. The summed E-state index contributed by atoms with van der Waals surface area (Å²) < 4.78 is 1.44. The molecule has 37 heavy (non-hydrogen) atoms. The molecule has 182 valence electrons. The first-order valence-corrected chi connectivity index (χ1v) is 12.6. The number of thiazole rings is 1. The Morgan fingerprint density at radius 3 is 2.46 bits per heavy atom. The number of rotatable bonds is 4. The zero-order chi connectivity index (χ0) is 25.7. The van der Waals surface area contributed by atoms with E-state index in [0.29, 0.717) is 32.7 Å². The van der Waals surface area contributed by atoms with E-state index in [-0.39, 0.29) is 22.6 Å². The van der Waals surface area contributed by atoms with E-state index in [4.69, 9.17) is 11.6 Å². The van der Waals surface area contributed by atoms with E-state index >= 15 is 0 Å². The number of para-hydroxylation sites is 1. The maximum absolute atomic E-state index is 13.6. The molecule has 0 radical (unpaired) electrons. The van der Waals surface area contributed by atoms with Gasteiger partial charge in [-0.3, -0.25) is 19.3 Å². The van der Waals surface area contributed by atoms with Crippen molar-refractivity contribution in [1.29, 1.82) is 0 Å². The summed E-state index contributed by atoms with van der Waals surface area (Å²) in [6.45, 7) is 1.77. The van der Waals surface area contributed by atoms with Crippen molar-refractivity contribution >= 4 is 56.7 Å². The second-order valence-electron chi connectivity index (χ2n) is 8.57. The molecule has 0 atom stereocenters. The number of hydrogen-bond donors (Lipinski definition) is 1. The molecule has 6 rings (SSSR count). The Hall–Kier alpha value is -4.34. The molecule has 0 saturated heterocycles. The summed E-state index contributed by atoms with van der Waals surface area (Å²) in [6.07, 6.45) is 0. The molecule has 0 unspecified atom stereocenters. The van der Waals surface area contributed by atoms with Gasteiger partial charge in [-0.05, 0) is 49.4 Å². The SMILES string of the molecule is Cc1ccc(NC(=O)CN2C(=O)C(=c3sc4nc(-c5ccc(Cl)cc5)nn4c3=O)c3ccccc32)cc1. The van der Waals surface area contributed by atoms with Gasteiger partial charge in [-0.2, -0.15) is 9.50 Å². The lowest BCUT2D eigenvalue weighted by Gasteiger charge is -2.16. The summed E-state index contributed by atoms with van der Waals surface area (Å²) in [5.74, 6) is -0.366. The van der Waals surface area contributed by atoms with Crippen molar-refractivity contribution in [3.63, 3.8) is 0 Å². The minimum absolute atomic E-state index is 0.192. The highest BCUT2D eigenvalue weighted by Crippen LogP contribution is 2.35. The van der Waals surface area contributed by atoms with E-state index in [1.54, 1.807) is 60.7 Å². The van der Waals surface area contributed by atoms with Crippen molar-refractivity contribution in [2.75, 3.05) is 16.8 Å². The molecular weight excluding hydrogens is 510 g/mol. The van der Waals surface area contributed by atoms with E-state index < -0.39 is 11.5 Å². The molecule has 8 nitrogen and oxygen atoms in total. The van der Waals surface area contributed by atoms with Crippen LogP contribution in [0.25, 0.3) is 21.9 Å². The number of hydrogen-bond acceptors (Lipinski definition) is 6. The predicted octanol–water partition coefficient (Wildman–Crippen LogP) is 3.68. The molecule has 3 heterocycles. The van der Waals surface area contributed by atoms with Crippen LogP contribution in [0, 0.1) is 6.92 Å². The van der Waals surface area contributed by atoms with Crippen molar-refractivity contribution in [3.8, 4) is 11.4 Å². The normalized spacial score (nSPS) is 14.3. The highest BCUT2D eigenvalue weighted by Gasteiger charge is 2.35. The summed E-state index contributed by atoms with van der Waals surface area (Å²) in [5, 5.41) is 7.77. The van der Waals surface area contributed by atoms with Gasteiger partial charge in [0.2, 0.25) is 10.9 Å². The van der Waals surface area contributed by atoms with E-state index in [1.807, 2.05) is 19.1 Å². The fourth-order valence-electron chi connectivity index (χ4n) is 4.24. The zero-order valence-electron chi connectivity index (χ0n) is 19.4. The third-order valence-corrected chi connectivity index (χ3v) is 7.33. The number of amides is 2. The number of aromatic nitrogens is 3. The monoisotopic (exact) mass is 527 g/mol. The topological polar surface area (TPSA) is 96.7 Å². The van der Waals surface area contributed by atoms with Crippen molar-refractivity contribution in [2.24, 2.45) is 0 Å². The summed E-state index contributed by atoms with van der Waals surface area (Å²) in [5.41, 5.74) is 3.42. The molecule has 0 bridgehead atoms. The lowest BCUT2D eigenvalue weighted by molar-refractivity contribution is -0.118. The van der Waals surface area contributed by atoms with Crippen LogP contribution in [0.15, 0.2) is 77.6 Å². The van der Waals surface area contributed by atoms with Gasteiger partial charge in [0.25, 0.3) is 11.5 Å². The van der Waals surface area contributed by atoms with Crippen LogP contribution < -0.4 is 20.3 Å². The van der Waals surface area contributed by atoms with Gasteiger partial charge in [-0.15, -0.1) is 5.10 Å². The van der Waals surface area contributed by atoms with Crippen LogP contribution in [-0.4, -0.2) is 33.0 Å². The van der Waals surface area contributed by atoms with Crippen LogP contribution in [0.1, 0.15) is 11.1 Å². The van der Waals surface area contributed by atoms with Gasteiger partial charge in [0, 0.05) is 21.8 Å². The maximum Gasteiger partial charge on any atom is 0.291 e. The predicted molar refractivity (Wildman–Crippen MR) is 144 cm³/mol. The fourth-order valence-corrected chi connectivity index (χ4v) is 5.37. The van der Waals surface area contributed by atoms with Gasteiger partial charge in [0.15, 0.2) is 5.82 Å². The number of nitrogens with one attached hydrogen (secondary N) is 1. The van der Waals surface area contributed by atoms with Crippen LogP contribution >= 0.6 is 22.9 Å². The van der Waals surface area contributed by atoms with Gasteiger partial charge in [0.05, 0.1) is 11.3 Å². The van der Waals surface area contributed by atoms with Crippen LogP contribution in [0.4, 0.5) is 11.4 Å². The molecule has 0 fully saturated rings. The third-order valence-electron chi connectivity index (χ3n) is 6.05. The third kappa shape index (κ3) is 4.08. The van der Waals surface area contributed by atoms with Gasteiger partial charge < -0.3 is 5.32 Å². The van der Waals surface area contributed by atoms with E-state index in [1.165, 1.54) is 9.42 Å². The van der Waals surface area contributed by atoms with E-state index in [0.717, 1.165) is 22.5 Å². The highest BCUT2D eigenvalue weighted by molar-refractivity contribution is 7.15. The smallest absolute Gasteiger partial charge is 0.291 e. The Morgan fingerprint density at radius 2 is 1.73 bits per heavy atom. The Balaban J connectivity index is 1.38. The summed E-state index contributed by atoms with van der Waals surface area (Å²) in [7, 11) is 0. The van der Waals surface area contributed by atoms with Crippen molar-refractivity contribution in [2.45, 2.75) is 6.92 Å². The first-order chi connectivity index (χ1) is 17.9. The van der Waals surface area contributed by atoms with Crippen LogP contribution in [0.3, 0.4) is 0 Å². The number of fused-ring (bicyclic) bond motifs is 2. The average molecular weight is 528 g/mol. The molecule has 1 N–H and O–H groups in total. The molecule has 1 aliphatic rings. The Kier molecular flexibility index (Phi) is 5.58. The van der Waals surface area contributed by atoms with Gasteiger partial charge in [-0.25, -0.2) is 0 Å². The molecule has 0 saturated carbocycles. The number of nitrogens with zero attached hydrogens (tertiary/aromatic N) is 4. The van der Waals surface area contributed by atoms with Crippen LogP contribution in [-0.2, 0) is 9.59 Å². The Morgan fingerprint density at radius 1 is 1.00 bits per heavy atom. The molecule has 2 aromatic heterocycles. The maximum atomic E-state index is 13.6. The molecular formula is C27H18ClN5O3S. The summed E-state index contributed by atoms with van der Waals surface area (Å²) >= 11 is 7.06. The number of anilines is 2. The minimum atomic E-state index is -0.433. The number of carbonyl (C=O) groups is 2. The standard InChI is InChI=1S/C27H18ClN5O3S/c1-15-6-12-18(13-7-15)29-21(34)14-32-20-5-3-2-4-19(20)22(25(32)35)23-26(36)33-27(37-23)30-24(31-33)16-8-10-17(28)11-9-16/h2-13H,14H2,1H3,(H,29,34). The fraction of sp³-hybridized carbons (Fsp3) is 0.0741. The Labute approximate surface area is 219 Å². The second kappa shape index (κ2) is 8.95. The molecule has 0 spiro atoms. The van der Waals surface area contributed by atoms with Gasteiger partial charge in [-0.1, -0.05) is 58.8 Å². The van der Waals surface area contributed by atoms with Crippen molar-refractivity contribution < 1.29 is 9.59 Å². The molecule has 5 aromatic rings. The minimum Gasteiger partial charge on any atom is -0.325 e. The lowest BCUT2D eigenvalue weighted by Crippen LogP contribution is -2.37. The molecule has 2 amide bonds. The first kappa shape index (κ1) is 23.1. The second-order valence-corrected chi connectivity index (χ2v) is 9.98. The average Bonchev–Trinajstić information content (AvgIpc) is 3.52. The van der Waals surface area contributed by atoms with Gasteiger partial charge >= 0.3 is 0 Å². The quantitative estimate of drug-likeness (QED) is 0.384. The molecule has 0 aliphatic carbocycles. The number of carbonyl (C=O) groups excluding carboxylic acids is 2. The van der Waals surface area contributed by atoms with Crippen molar-refractivity contribution in [3.05, 3.63) is 104 Å². The first-order valence-electron chi connectivity index (χ1n) is 11.4. The molecule has 3 aromatic carbocycles. The largest absolute Gasteiger partial charge is 0.325 e. The number of benzene rings is 3.